The zero-order valence-electron chi connectivity index (χ0n) is 11.5. The molecule has 0 radical (unpaired) electrons. The molecule has 0 aliphatic carbocycles. The maximum absolute atomic E-state index is 12.8. The van der Waals surface area contributed by atoms with Crippen LogP contribution in [0, 0.1) is 0 Å². The molecule has 0 amide bonds. The summed E-state index contributed by atoms with van der Waals surface area (Å²) in [6.45, 7) is 0. The number of rotatable bonds is 2. The summed E-state index contributed by atoms with van der Waals surface area (Å²) in [6, 6.07) is 21.0. The van der Waals surface area contributed by atoms with Gasteiger partial charge in [0.05, 0.1) is 0 Å². The van der Waals surface area contributed by atoms with Crippen LogP contribution >= 0.6 is 15.9 Å². The van der Waals surface area contributed by atoms with Gasteiger partial charge >= 0.3 is 0 Å². The van der Waals surface area contributed by atoms with Crippen LogP contribution in [0.5, 0.6) is 0 Å². The Morgan fingerprint density at radius 1 is 0.864 bits per heavy atom. The fraction of sp³-hybridized carbons (Fsp3) is 0. The smallest absolute Gasteiger partial charge is 0.228 e. The number of halogens is 1. The quantitative estimate of drug-likeness (QED) is 0.441. The van der Waals surface area contributed by atoms with Gasteiger partial charge in [0.15, 0.2) is 5.76 Å². The lowest BCUT2D eigenvalue weighted by atomic mass is 10.0. The van der Waals surface area contributed by atoms with Crippen molar-refractivity contribution in [1.29, 1.82) is 0 Å². The third kappa shape index (κ3) is 2.06. The molecule has 0 saturated heterocycles. The number of para-hydroxylation sites is 1. The van der Waals surface area contributed by atoms with E-state index in [9.17, 15) is 4.79 Å². The second-order valence-electron chi connectivity index (χ2n) is 5.12. The van der Waals surface area contributed by atoms with Gasteiger partial charge in [0.25, 0.3) is 0 Å². The molecule has 0 bridgehead atoms. The number of carbonyl (C=O) groups is 1. The molecule has 4 rings (SSSR count). The molecule has 0 fully saturated rings. The van der Waals surface area contributed by atoms with Gasteiger partial charge in [-0.05, 0) is 35.0 Å². The highest BCUT2D eigenvalue weighted by atomic mass is 79.9. The van der Waals surface area contributed by atoms with E-state index in [2.05, 4.69) is 15.9 Å². The summed E-state index contributed by atoms with van der Waals surface area (Å²) in [5.74, 6) is 0.272. The molecule has 4 aromatic rings. The van der Waals surface area contributed by atoms with Crippen LogP contribution in [0.2, 0.25) is 0 Å². The molecule has 1 aromatic heterocycles. The minimum atomic E-state index is -0.0973. The zero-order chi connectivity index (χ0) is 15.1. The molecular weight excluding hydrogens is 340 g/mol. The van der Waals surface area contributed by atoms with Crippen molar-refractivity contribution in [2.75, 3.05) is 0 Å². The van der Waals surface area contributed by atoms with Gasteiger partial charge in [0, 0.05) is 15.4 Å². The van der Waals surface area contributed by atoms with Crippen LogP contribution in [0.1, 0.15) is 16.1 Å². The van der Waals surface area contributed by atoms with Gasteiger partial charge < -0.3 is 4.42 Å². The third-order valence-corrected chi connectivity index (χ3v) is 4.46. The number of benzene rings is 3. The lowest BCUT2D eigenvalue weighted by Crippen LogP contribution is -2.00. The minimum absolute atomic E-state index is 0.0973. The van der Waals surface area contributed by atoms with Gasteiger partial charge in [-0.15, -0.1) is 0 Å². The second-order valence-corrected chi connectivity index (χ2v) is 5.97. The molecule has 0 saturated carbocycles. The van der Waals surface area contributed by atoms with Gasteiger partial charge in [0.2, 0.25) is 5.78 Å². The van der Waals surface area contributed by atoms with Crippen LogP contribution in [0.4, 0.5) is 0 Å². The van der Waals surface area contributed by atoms with Crippen LogP contribution in [0.25, 0.3) is 21.7 Å². The largest absolute Gasteiger partial charge is 0.453 e. The molecular formula is C19H11BrO2. The molecule has 106 valence electrons. The van der Waals surface area contributed by atoms with Crippen molar-refractivity contribution in [3.63, 3.8) is 0 Å². The SMILES string of the molecule is O=C(c1cc2ccccc2o1)c1ccc(Br)c2ccccc12. The summed E-state index contributed by atoms with van der Waals surface area (Å²) in [7, 11) is 0. The Morgan fingerprint density at radius 3 is 2.41 bits per heavy atom. The number of fused-ring (bicyclic) bond motifs is 2. The van der Waals surface area contributed by atoms with Crippen molar-refractivity contribution in [3.8, 4) is 0 Å². The Hall–Kier alpha value is -2.39. The maximum Gasteiger partial charge on any atom is 0.228 e. The molecule has 0 unspecified atom stereocenters. The number of ketones is 1. The minimum Gasteiger partial charge on any atom is -0.453 e. The van der Waals surface area contributed by atoms with Crippen LogP contribution in [0.3, 0.4) is 0 Å². The fourth-order valence-electron chi connectivity index (χ4n) is 2.69. The average Bonchev–Trinajstić information content (AvgIpc) is 2.99. The highest BCUT2D eigenvalue weighted by Crippen LogP contribution is 2.29. The Labute approximate surface area is 135 Å². The van der Waals surface area contributed by atoms with Gasteiger partial charge in [-0.25, -0.2) is 0 Å². The molecule has 0 aliphatic rings. The summed E-state index contributed by atoms with van der Waals surface area (Å²) in [5.41, 5.74) is 1.38. The first-order chi connectivity index (χ1) is 10.7. The van der Waals surface area contributed by atoms with E-state index in [4.69, 9.17) is 4.42 Å². The Kier molecular flexibility index (Phi) is 3.09. The maximum atomic E-state index is 12.8. The first kappa shape index (κ1) is 13.3. The predicted octanol–water partition coefficient (Wildman–Crippen LogP) is 5.58. The lowest BCUT2D eigenvalue weighted by Gasteiger charge is -2.06. The van der Waals surface area contributed by atoms with Crippen LogP contribution in [-0.2, 0) is 0 Å². The summed E-state index contributed by atoms with van der Waals surface area (Å²) < 4.78 is 6.68. The highest BCUT2D eigenvalue weighted by molar-refractivity contribution is 9.10. The Morgan fingerprint density at radius 2 is 1.59 bits per heavy atom. The van der Waals surface area contributed by atoms with Crippen molar-refractivity contribution in [2.24, 2.45) is 0 Å². The first-order valence-electron chi connectivity index (χ1n) is 6.94. The van der Waals surface area contributed by atoms with E-state index in [1.807, 2.05) is 60.7 Å². The fourth-order valence-corrected chi connectivity index (χ4v) is 3.16. The lowest BCUT2D eigenvalue weighted by molar-refractivity contribution is 0.101. The van der Waals surface area contributed by atoms with E-state index >= 15 is 0 Å². The Balaban J connectivity index is 1.91. The van der Waals surface area contributed by atoms with Crippen molar-refractivity contribution in [3.05, 3.63) is 82.5 Å². The van der Waals surface area contributed by atoms with Gasteiger partial charge in [-0.2, -0.15) is 0 Å². The normalized spacial score (nSPS) is 11.1. The van der Waals surface area contributed by atoms with Gasteiger partial charge in [-0.1, -0.05) is 58.4 Å². The average molecular weight is 351 g/mol. The molecule has 3 heteroatoms. The van der Waals surface area contributed by atoms with Gasteiger partial charge in [-0.3, -0.25) is 4.79 Å². The highest BCUT2D eigenvalue weighted by Gasteiger charge is 2.17. The van der Waals surface area contributed by atoms with E-state index in [1.54, 1.807) is 6.07 Å². The molecule has 3 aromatic carbocycles. The predicted molar refractivity (Wildman–Crippen MR) is 91.3 cm³/mol. The molecule has 0 atom stereocenters. The van der Waals surface area contributed by atoms with Crippen molar-refractivity contribution in [1.82, 2.24) is 0 Å². The number of carbonyl (C=O) groups excluding carboxylic acids is 1. The second kappa shape index (κ2) is 5.11. The van der Waals surface area contributed by atoms with E-state index in [-0.39, 0.29) is 5.78 Å². The van der Waals surface area contributed by atoms with Crippen molar-refractivity contribution in [2.45, 2.75) is 0 Å². The number of hydrogen-bond donors (Lipinski definition) is 0. The van der Waals surface area contributed by atoms with Crippen LogP contribution in [0.15, 0.2) is 75.6 Å². The third-order valence-electron chi connectivity index (χ3n) is 3.76. The number of furan rings is 1. The molecule has 0 aliphatic heterocycles. The summed E-state index contributed by atoms with van der Waals surface area (Å²) in [5, 5.41) is 2.87. The van der Waals surface area contributed by atoms with E-state index < -0.39 is 0 Å². The molecule has 22 heavy (non-hydrogen) atoms. The Bertz CT molecular complexity index is 981. The summed E-state index contributed by atoms with van der Waals surface area (Å²) in [4.78, 5) is 12.8. The van der Waals surface area contributed by atoms with Crippen molar-refractivity contribution < 1.29 is 9.21 Å². The zero-order valence-corrected chi connectivity index (χ0v) is 13.1. The van der Waals surface area contributed by atoms with Gasteiger partial charge in [0.1, 0.15) is 5.58 Å². The van der Waals surface area contributed by atoms with E-state index in [1.165, 1.54) is 0 Å². The standard InChI is InChI=1S/C19H11BrO2/c20-16-10-9-15(13-6-2-3-7-14(13)16)19(21)18-11-12-5-1-4-8-17(12)22-18/h1-11H. The number of hydrogen-bond acceptors (Lipinski definition) is 2. The summed E-state index contributed by atoms with van der Waals surface area (Å²) in [6.07, 6.45) is 0. The molecule has 0 N–H and O–H groups in total. The van der Waals surface area contributed by atoms with Crippen LogP contribution in [-0.4, -0.2) is 5.78 Å². The topological polar surface area (TPSA) is 30.2 Å². The monoisotopic (exact) mass is 350 g/mol. The van der Waals surface area contributed by atoms with Crippen molar-refractivity contribution >= 4 is 43.5 Å². The van der Waals surface area contributed by atoms with Crippen LogP contribution < -0.4 is 0 Å². The molecule has 0 spiro atoms. The summed E-state index contributed by atoms with van der Waals surface area (Å²) >= 11 is 3.53. The molecule has 2 nitrogen and oxygen atoms in total. The van der Waals surface area contributed by atoms with E-state index in [0.717, 1.165) is 26.2 Å². The van der Waals surface area contributed by atoms with E-state index in [0.29, 0.717) is 11.3 Å². The molecule has 1 heterocycles. The first-order valence-corrected chi connectivity index (χ1v) is 7.74.